The highest BCUT2D eigenvalue weighted by atomic mass is 16.5. The Kier molecular flexibility index (Phi) is 4.40. The molecule has 0 fully saturated rings. The molecular weight excluding hydrogens is 120 g/mol. The van der Waals surface area contributed by atoms with E-state index < -0.39 is 0 Å². The summed E-state index contributed by atoms with van der Waals surface area (Å²) in [6.45, 7) is 2.16. The first-order chi connectivity index (χ1) is 4.31. The molecule has 0 heterocycles. The Morgan fingerprint density at radius 2 is 2.22 bits per heavy atom. The van der Waals surface area contributed by atoms with Crippen molar-refractivity contribution in [3.8, 4) is 0 Å². The van der Waals surface area contributed by atoms with E-state index in [4.69, 9.17) is 0 Å². The van der Waals surface area contributed by atoms with Gasteiger partial charge in [-0.05, 0) is 18.6 Å². The molecule has 3 nitrogen and oxygen atoms in total. The molecule has 0 bridgehead atoms. The fourth-order valence-corrected chi connectivity index (χ4v) is 0.267. The van der Waals surface area contributed by atoms with Gasteiger partial charge in [0.25, 0.3) is 6.47 Å². The van der Waals surface area contributed by atoms with E-state index in [1.807, 2.05) is 0 Å². The summed E-state index contributed by atoms with van der Waals surface area (Å²) in [5.41, 5.74) is 0.567. The van der Waals surface area contributed by atoms with Crippen LogP contribution in [0.5, 0.6) is 0 Å². The van der Waals surface area contributed by atoms with E-state index in [2.05, 4.69) is 4.74 Å². The Balaban J connectivity index is 3.42. The highest BCUT2D eigenvalue weighted by Gasteiger charge is 1.81. The Bertz CT molecular complexity index is 126. The summed E-state index contributed by atoms with van der Waals surface area (Å²) in [4.78, 5) is 19.4. The lowest BCUT2D eigenvalue weighted by molar-refractivity contribution is -0.127. The number of carbonyl (C=O) groups excluding carboxylic acids is 2. The minimum atomic E-state index is 0.175. The van der Waals surface area contributed by atoms with Crippen LogP contribution in [0, 0.1) is 0 Å². The third kappa shape index (κ3) is 4.74. The van der Waals surface area contributed by atoms with Gasteiger partial charge in [0.2, 0.25) is 0 Å². The third-order valence-corrected chi connectivity index (χ3v) is 0.755. The van der Waals surface area contributed by atoms with Gasteiger partial charge in [0, 0.05) is 0 Å². The molecule has 3 heteroatoms. The normalized spacial score (nSPS) is 10.6. The summed E-state index contributed by atoms with van der Waals surface area (Å²) >= 11 is 0. The van der Waals surface area contributed by atoms with Gasteiger partial charge in [-0.2, -0.15) is 0 Å². The second-order valence-corrected chi connectivity index (χ2v) is 1.50. The van der Waals surface area contributed by atoms with Gasteiger partial charge in [0.05, 0.1) is 0 Å². The zero-order valence-corrected chi connectivity index (χ0v) is 5.16. The molecular formula is C6H8O3. The molecule has 0 N–H and O–H groups in total. The summed E-state index contributed by atoms with van der Waals surface area (Å²) in [6.07, 6.45) is 2.23. The van der Waals surface area contributed by atoms with Crippen LogP contribution in [-0.2, 0) is 14.3 Å². The summed E-state index contributed by atoms with van der Waals surface area (Å²) < 4.78 is 4.29. The van der Waals surface area contributed by atoms with Gasteiger partial charge >= 0.3 is 0 Å². The van der Waals surface area contributed by atoms with E-state index in [0.717, 1.165) is 0 Å². The van der Waals surface area contributed by atoms with Crippen LogP contribution in [-0.4, -0.2) is 19.4 Å². The molecule has 0 aromatic carbocycles. The molecule has 0 spiro atoms. The van der Waals surface area contributed by atoms with Crippen molar-refractivity contribution in [1.82, 2.24) is 0 Å². The molecule has 0 aromatic heterocycles. The second kappa shape index (κ2) is 5.03. The van der Waals surface area contributed by atoms with Crippen molar-refractivity contribution in [2.75, 3.05) is 6.61 Å². The van der Waals surface area contributed by atoms with Gasteiger partial charge in [0.1, 0.15) is 12.9 Å². The standard InChI is InChI=1S/C6H8O3/c1-6(4-7)2-3-9-5-8/h2,4-5H,3H2,1H3/b6-2+. The topological polar surface area (TPSA) is 43.4 Å². The van der Waals surface area contributed by atoms with Crippen LogP contribution in [0.3, 0.4) is 0 Å². The van der Waals surface area contributed by atoms with E-state index in [1.165, 1.54) is 6.08 Å². The third-order valence-electron chi connectivity index (χ3n) is 0.755. The van der Waals surface area contributed by atoms with Crippen molar-refractivity contribution < 1.29 is 14.3 Å². The number of hydrogen-bond donors (Lipinski definition) is 0. The van der Waals surface area contributed by atoms with Crippen LogP contribution in [0.4, 0.5) is 0 Å². The average molecular weight is 128 g/mol. The highest BCUT2D eigenvalue weighted by molar-refractivity contribution is 5.72. The minimum absolute atomic E-state index is 0.175. The maximum atomic E-state index is 9.89. The molecule has 9 heavy (non-hydrogen) atoms. The molecule has 0 amide bonds. The smallest absolute Gasteiger partial charge is 0.293 e. The quantitative estimate of drug-likeness (QED) is 0.311. The molecule has 0 atom stereocenters. The first-order valence-corrected chi connectivity index (χ1v) is 2.48. The number of hydrogen-bond acceptors (Lipinski definition) is 3. The highest BCUT2D eigenvalue weighted by Crippen LogP contribution is 1.84. The number of rotatable bonds is 4. The van der Waals surface area contributed by atoms with Crippen LogP contribution >= 0.6 is 0 Å². The van der Waals surface area contributed by atoms with Gasteiger partial charge in [0.15, 0.2) is 0 Å². The van der Waals surface area contributed by atoms with E-state index in [-0.39, 0.29) is 6.61 Å². The van der Waals surface area contributed by atoms with Crippen LogP contribution < -0.4 is 0 Å². The SMILES string of the molecule is C/C(C=O)=C\COC=O. The Hall–Kier alpha value is -1.12. The zero-order chi connectivity index (χ0) is 7.11. The lowest BCUT2D eigenvalue weighted by Crippen LogP contribution is -1.88. The number of carbonyl (C=O) groups is 2. The number of ether oxygens (including phenoxy) is 1. The molecule has 0 rings (SSSR count). The Morgan fingerprint density at radius 3 is 2.67 bits per heavy atom. The molecule has 0 aliphatic heterocycles. The van der Waals surface area contributed by atoms with Crippen LogP contribution in [0.1, 0.15) is 6.92 Å². The molecule has 0 radical (unpaired) electrons. The molecule has 0 aliphatic rings. The molecule has 0 unspecified atom stereocenters. The predicted molar refractivity (Wildman–Crippen MR) is 31.8 cm³/mol. The van der Waals surface area contributed by atoms with Gasteiger partial charge in [-0.15, -0.1) is 0 Å². The largest absolute Gasteiger partial charge is 0.464 e. The first-order valence-electron chi connectivity index (χ1n) is 2.48. The van der Waals surface area contributed by atoms with Crippen molar-refractivity contribution in [3.63, 3.8) is 0 Å². The fraction of sp³-hybridized carbons (Fsp3) is 0.333. The average Bonchev–Trinajstić information content (AvgIpc) is 1.89. The zero-order valence-electron chi connectivity index (χ0n) is 5.16. The molecule has 0 aromatic rings. The molecule has 0 aliphatic carbocycles. The van der Waals surface area contributed by atoms with Crippen LogP contribution in [0.2, 0.25) is 0 Å². The summed E-state index contributed by atoms with van der Waals surface area (Å²) in [5.74, 6) is 0. The Labute approximate surface area is 53.3 Å². The molecule has 0 saturated heterocycles. The maximum absolute atomic E-state index is 9.89. The number of aldehydes is 1. The van der Waals surface area contributed by atoms with Crippen molar-refractivity contribution in [2.24, 2.45) is 0 Å². The van der Waals surface area contributed by atoms with E-state index in [9.17, 15) is 9.59 Å². The minimum Gasteiger partial charge on any atom is -0.464 e. The van der Waals surface area contributed by atoms with E-state index >= 15 is 0 Å². The van der Waals surface area contributed by atoms with Gasteiger partial charge in [-0.3, -0.25) is 9.59 Å². The second-order valence-electron chi connectivity index (χ2n) is 1.50. The first kappa shape index (κ1) is 7.88. The van der Waals surface area contributed by atoms with Crippen LogP contribution in [0.15, 0.2) is 11.6 Å². The summed E-state index contributed by atoms with van der Waals surface area (Å²) in [7, 11) is 0. The van der Waals surface area contributed by atoms with Gasteiger partial charge < -0.3 is 4.74 Å². The van der Waals surface area contributed by atoms with E-state index in [0.29, 0.717) is 18.3 Å². The van der Waals surface area contributed by atoms with Crippen molar-refractivity contribution in [2.45, 2.75) is 6.92 Å². The fourth-order valence-electron chi connectivity index (χ4n) is 0.267. The molecule has 50 valence electrons. The monoisotopic (exact) mass is 128 g/mol. The van der Waals surface area contributed by atoms with Crippen molar-refractivity contribution >= 4 is 12.8 Å². The summed E-state index contributed by atoms with van der Waals surface area (Å²) in [6, 6.07) is 0. The van der Waals surface area contributed by atoms with E-state index in [1.54, 1.807) is 6.92 Å². The van der Waals surface area contributed by atoms with Crippen LogP contribution in [0.25, 0.3) is 0 Å². The molecule has 0 saturated carbocycles. The van der Waals surface area contributed by atoms with Gasteiger partial charge in [-0.1, -0.05) is 0 Å². The predicted octanol–water partition coefficient (Wildman–Crippen LogP) is 0.305. The lowest BCUT2D eigenvalue weighted by Gasteiger charge is -1.88. The maximum Gasteiger partial charge on any atom is 0.293 e. The number of allylic oxidation sites excluding steroid dienone is 1. The van der Waals surface area contributed by atoms with Gasteiger partial charge in [-0.25, -0.2) is 0 Å². The van der Waals surface area contributed by atoms with Crippen molar-refractivity contribution in [3.05, 3.63) is 11.6 Å². The summed E-state index contributed by atoms with van der Waals surface area (Å²) in [5, 5.41) is 0. The Morgan fingerprint density at radius 1 is 1.56 bits per heavy atom. The lowest BCUT2D eigenvalue weighted by atomic mass is 10.3. The van der Waals surface area contributed by atoms with Crippen molar-refractivity contribution in [1.29, 1.82) is 0 Å².